The van der Waals surface area contributed by atoms with Crippen molar-refractivity contribution in [3.63, 3.8) is 0 Å². The van der Waals surface area contributed by atoms with Crippen LogP contribution in [-0.4, -0.2) is 37.2 Å². The second-order valence-corrected chi connectivity index (χ2v) is 4.44. The zero-order chi connectivity index (χ0) is 13.0. The van der Waals surface area contributed by atoms with Gasteiger partial charge < -0.3 is 15.9 Å². The minimum Gasteiger partial charge on any atom is -0.381 e. The first kappa shape index (κ1) is 12.9. The maximum absolute atomic E-state index is 11.3. The van der Waals surface area contributed by atoms with E-state index >= 15 is 0 Å². The fourth-order valence-electron chi connectivity index (χ4n) is 2.17. The van der Waals surface area contributed by atoms with E-state index in [1.54, 1.807) is 13.2 Å². The summed E-state index contributed by atoms with van der Waals surface area (Å²) in [6.07, 6.45) is 2.32. The molecule has 0 saturated carbocycles. The molecule has 2 rings (SSSR count). The van der Waals surface area contributed by atoms with Gasteiger partial charge in [0.25, 0.3) is 5.91 Å². The summed E-state index contributed by atoms with van der Waals surface area (Å²) in [6.45, 7) is 1.79. The SMILES string of the molecule is COC1CCN(Nc2ccccc2C(N)=O)CC1. The van der Waals surface area contributed by atoms with Gasteiger partial charge >= 0.3 is 0 Å². The average molecular weight is 249 g/mol. The monoisotopic (exact) mass is 249 g/mol. The highest BCUT2D eigenvalue weighted by Crippen LogP contribution is 2.18. The zero-order valence-electron chi connectivity index (χ0n) is 10.6. The van der Waals surface area contributed by atoms with E-state index < -0.39 is 5.91 Å². The van der Waals surface area contributed by atoms with E-state index in [9.17, 15) is 4.79 Å². The maximum atomic E-state index is 11.3. The number of primary amides is 1. The van der Waals surface area contributed by atoms with Crippen molar-refractivity contribution >= 4 is 11.6 Å². The van der Waals surface area contributed by atoms with Crippen LogP contribution >= 0.6 is 0 Å². The van der Waals surface area contributed by atoms with Gasteiger partial charge in [-0.1, -0.05) is 12.1 Å². The van der Waals surface area contributed by atoms with E-state index in [4.69, 9.17) is 10.5 Å². The Hall–Kier alpha value is -1.59. The van der Waals surface area contributed by atoms with Gasteiger partial charge in [-0.3, -0.25) is 4.79 Å². The highest BCUT2D eigenvalue weighted by molar-refractivity contribution is 5.98. The summed E-state index contributed by atoms with van der Waals surface area (Å²) in [4.78, 5) is 11.3. The second-order valence-electron chi connectivity index (χ2n) is 4.44. The molecule has 1 fully saturated rings. The van der Waals surface area contributed by atoms with Gasteiger partial charge in [-0.05, 0) is 25.0 Å². The van der Waals surface area contributed by atoms with Gasteiger partial charge in [0, 0.05) is 20.2 Å². The first-order chi connectivity index (χ1) is 8.70. The minimum absolute atomic E-state index is 0.342. The number of benzene rings is 1. The van der Waals surface area contributed by atoms with Crippen LogP contribution in [0.4, 0.5) is 5.69 Å². The van der Waals surface area contributed by atoms with Gasteiger partial charge in [0.2, 0.25) is 0 Å². The topological polar surface area (TPSA) is 67.6 Å². The summed E-state index contributed by atoms with van der Waals surface area (Å²) < 4.78 is 5.32. The number of nitrogens with two attached hydrogens (primary N) is 1. The van der Waals surface area contributed by atoms with Crippen LogP contribution in [0.2, 0.25) is 0 Å². The van der Waals surface area contributed by atoms with Crippen LogP contribution in [0.1, 0.15) is 23.2 Å². The summed E-state index contributed by atoms with van der Waals surface area (Å²) in [5.41, 5.74) is 9.88. The highest BCUT2D eigenvalue weighted by Gasteiger charge is 2.19. The van der Waals surface area contributed by atoms with Crippen LogP contribution in [0, 0.1) is 0 Å². The molecule has 1 aromatic carbocycles. The van der Waals surface area contributed by atoms with Crippen molar-refractivity contribution in [2.75, 3.05) is 25.6 Å². The number of nitrogens with zero attached hydrogens (tertiary/aromatic N) is 1. The molecule has 0 radical (unpaired) electrons. The lowest BCUT2D eigenvalue weighted by Gasteiger charge is -2.32. The van der Waals surface area contributed by atoms with Crippen molar-refractivity contribution < 1.29 is 9.53 Å². The lowest BCUT2D eigenvalue weighted by Crippen LogP contribution is -2.40. The van der Waals surface area contributed by atoms with Crippen LogP contribution in [0.5, 0.6) is 0 Å². The van der Waals surface area contributed by atoms with E-state index in [2.05, 4.69) is 10.4 Å². The van der Waals surface area contributed by atoms with Crippen molar-refractivity contribution in [3.05, 3.63) is 29.8 Å². The summed E-state index contributed by atoms with van der Waals surface area (Å²) in [5.74, 6) is -0.412. The van der Waals surface area contributed by atoms with Crippen LogP contribution in [0.15, 0.2) is 24.3 Å². The molecule has 1 saturated heterocycles. The molecular weight excluding hydrogens is 230 g/mol. The van der Waals surface area contributed by atoms with E-state index in [-0.39, 0.29) is 0 Å². The molecule has 18 heavy (non-hydrogen) atoms. The zero-order valence-corrected chi connectivity index (χ0v) is 10.6. The summed E-state index contributed by atoms with van der Waals surface area (Å²) in [6, 6.07) is 7.29. The Morgan fingerprint density at radius 1 is 1.39 bits per heavy atom. The predicted molar refractivity (Wildman–Crippen MR) is 70.2 cm³/mol. The number of hydrogen-bond acceptors (Lipinski definition) is 4. The van der Waals surface area contributed by atoms with Crippen molar-refractivity contribution in [1.82, 2.24) is 5.01 Å². The molecule has 3 N–H and O–H groups in total. The predicted octanol–water partition coefficient (Wildman–Crippen LogP) is 1.22. The smallest absolute Gasteiger partial charge is 0.250 e. The van der Waals surface area contributed by atoms with Gasteiger partial charge in [-0.25, -0.2) is 5.01 Å². The van der Waals surface area contributed by atoms with E-state index in [1.165, 1.54) is 0 Å². The van der Waals surface area contributed by atoms with Crippen LogP contribution in [0.3, 0.4) is 0 Å². The maximum Gasteiger partial charge on any atom is 0.250 e. The van der Waals surface area contributed by atoms with Crippen LogP contribution in [-0.2, 0) is 4.74 Å². The average Bonchev–Trinajstić information content (AvgIpc) is 2.40. The van der Waals surface area contributed by atoms with Crippen LogP contribution < -0.4 is 11.2 Å². The molecule has 0 spiro atoms. The Bertz CT molecular complexity index is 414. The summed E-state index contributed by atoms with van der Waals surface area (Å²) in [5, 5.41) is 2.09. The molecule has 0 unspecified atom stereocenters. The Labute approximate surface area is 107 Å². The molecule has 0 aromatic heterocycles. The third-order valence-electron chi connectivity index (χ3n) is 3.25. The van der Waals surface area contributed by atoms with Crippen molar-refractivity contribution in [2.24, 2.45) is 5.73 Å². The number of anilines is 1. The molecule has 1 aromatic rings. The largest absolute Gasteiger partial charge is 0.381 e. The van der Waals surface area contributed by atoms with Crippen molar-refractivity contribution in [3.8, 4) is 0 Å². The number of carbonyl (C=O) groups excluding carboxylic acids is 1. The highest BCUT2D eigenvalue weighted by atomic mass is 16.5. The van der Waals surface area contributed by atoms with Gasteiger partial charge in [-0.15, -0.1) is 0 Å². The number of amides is 1. The molecule has 1 amide bonds. The standard InChI is InChI=1S/C13H19N3O2/c1-18-10-6-8-16(9-7-10)15-12-5-3-2-4-11(12)13(14)17/h2-5,10,15H,6-9H2,1H3,(H2,14,17). The molecule has 5 nitrogen and oxygen atoms in total. The van der Waals surface area contributed by atoms with E-state index in [0.717, 1.165) is 31.6 Å². The third-order valence-corrected chi connectivity index (χ3v) is 3.25. The quantitative estimate of drug-likeness (QED) is 0.842. The van der Waals surface area contributed by atoms with E-state index in [0.29, 0.717) is 11.7 Å². The molecule has 0 aliphatic carbocycles. The number of rotatable bonds is 4. The number of nitrogens with one attached hydrogen (secondary N) is 1. The minimum atomic E-state index is -0.412. The number of ether oxygens (including phenoxy) is 1. The number of carbonyl (C=O) groups is 1. The molecule has 0 atom stereocenters. The fraction of sp³-hybridized carbons (Fsp3) is 0.462. The van der Waals surface area contributed by atoms with Gasteiger partial charge in [0.15, 0.2) is 0 Å². The molecule has 1 aliphatic rings. The molecular formula is C13H19N3O2. The van der Waals surface area contributed by atoms with Gasteiger partial charge in [0.1, 0.15) is 0 Å². The fourth-order valence-corrected chi connectivity index (χ4v) is 2.17. The Morgan fingerprint density at radius 2 is 2.06 bits per heavy atom. The Kier molecular flexibility index (Phi) is 4.17. The number of hydrogen-bond donors (Lipinski definition) is 2. The van der Waals surface area contributed by atoms with Gasteiger partial charge in [-0.2, -0.15) is 0 Å². The molecule has 1 heterocycles. The molecule has 0 bridgehead atoms. The number of methoxy groups -OCH3 is 1. The summed E-state index contributed by atoms with van der Waals surface area (Å²) >= 11 is 0. The second kappa shape index (κ2) is 5.84. The van der Waals surface area contributed by atoms with E-state index in [1.807, 2.05) is 18.2 Å². The number of para-hydroxylation sites is 1. The van der Waals surface area contributed by atoms with Gasteiger partial charge in [0.05, 0.1) is 17.4 Å². The third kappa shape index (κ3) is 3.00. The molecule has 1 aliphatic heterocycles. The normalized spacial score (nSPS) is 17.6. The Balaban J connectivity index is 2.00. The number of hydrazine groups is 1. The summed E-state index contributed by atoms with van der Waals surface area (Å²) in [7, 11) is 1.75. The van der Waals surface area contributed by atoms with Crippen molar-refractivity contribution in [2.45, 2.75) is 18.9 Å². The van der Waals surface area contributed by atoms with Crippen LogP contribution in [0.25, 0.3) is 0 Å². The Morgan fingerprint density at radius 3 is 2.67 bits per heavy atom. The molecule has 98 valence electrons. The first-order valence-corrected chi connectivity index (χ1v) is 6.14. The molecule has 5 heteroatoms. The number of piperidine rings is 1. The van der Waals surface area contributed by atoms with Crippen molar-refractivity contribution in [1.29, 1.82) is 0 Å². The lowest BCUT2D eigenvalue weighted by atomic mass is 10.1. The lowest BCUT2D eigenvalue weighted by molar-refractivity contribution is 0.0480. The first-order valence-electron chi connectivity index (χ1n) is 6.14.